The van der Waals surface area contributed by atoms with E-state index in [0.717, 1.165) is 29.4 Å². The zero-order valence-electron chi connectivity index (χ0n) is 20.2. The van der Waals surface area contributed by atoms with Crippen LogP contribution in [0.15, 0.2) is 42.5 Å². The van der Waals surface area contributed by atoms with Crippen molar-refractivity contribution in [1.82, 2.24) is 0 Å². The van der Waals surface area contributed by atoms with Gasteiger partial charge in [0.2, 0.25) is 0 Å². The van der Waals surface area contributed by atoms with Gasteiger partial charge in [-0.05, 0) is 85.3 Å². The van der Waals surface area contributed by atoms with Gasteiger partial charge in [0.05, 0.1) is 15.9 Å². The molecule has 0 bridgehead atoms. The van der Waals surface area contributed by atoms with E-state index in [1.54, 1.807) is 0 Å². The maximum atomic E-state index is 11.1. The number of rotatable bonds is 8. The van der Waals surface area contributed by atoms with Crippen LogP contribution in [0.5, 0.6) is 0 Å². The molecule has 0 heterocycles. The Morgan fingerprint density at radius 3 is 1.76 bits per heavy atom. The van der Waals surface area contributed by atoms with E-state index in [-0.39, 0.29) is 11.4 Å². The van der Waals surface area contributed by atoms with Gasteiger partial charge in [-0.2, -0.15) is 0 Å². The maximum absolute atomic E-state index is 11.1. The van der Waals surface area contributed by atoms with Crippen LogP contribution in [0, 0.1) is 38.0 Å². The Hall–Kier alpha value is -2.76. The van der Waals surface area contributed by atoms with Crippen molar-refractivity contribution in [3.63, 3.8) is 0 Å². The van der Waals surface area contributed by atoms with Crippen LogP contribution in [0.3, 0.4) is 0 Å². The van der Waals surface area contributed by atoms with Crippen molar-refractivity contribution in [2.45, 2.75) is 83.5 Å². The smallest absolute Gasteiger partial charge is 0.258 e. The van der Waals surface area contributed by atoms with Gasteiger partial charge in [-0.15, -0.1) is 0 Å². The van der Waals surface area contributed by atoms with Crippen molar-refractivity contribution in [3.8, 4) is 0 Å². The fourth-order valence-corrected chi connectivity index (χ4v) is 6.39. The normalized spacial score (nSPS) is 25.1. The molecular weight excluding hydrogens is 428 g/mol. The summed E-state index contributed by atoms with van der Waals surface area (Å²) in [5.41, 5.74) is 2.49. The van der Waals surface area contributed by atoms with E-state index in [1.807, 2.05) is 0 Å². The molecule has 2 saturated carbocycles. The zero-order chi connectivity index (χ0) is 24.1. The number of nitrogens with zero attached hydrogens (tertiary/aromatic N) is 2. The fraction of sp³-hybridized carbons (Fsp3) is 0.571. The largest absolute Gasteiger partial charge is 0.276 e. The summed E-state index contributed by atoms with van der Waals surface area (Å²) in [6.45, 7) is 2.31. The minimum atomic E-state index is -0.577. The van der Waals surface area contributed by atoms with Crippen molar-refractivity contribution in [1.29, 1.82) is 0 Å². The van der Waals surface area contributed by atoms with Gasteiger partial charge in [0.1, 0.15) is 0 Å². The number of hydrogen-bond donors (Lipinski definition) is 0. The molecule has 182 valence electrons. The van der Waals surface area contributed by atoms with Crippen LogP contribution >= 0.6 is 0 Å². The highest BCUT2D eigenvalue weighted by Crippen LogP contribution is 2.44. The molecule has 0 unspecified atom stereocenters. The lowest BCUT2D eigenvalue weighted by molar-refractivity contribution is -0.394. The second-order valence-corrected chi connectivity index (χ2v) is 10.5. The van der Waals surface area contributed by atoms with Gasteiger partial charge in [-0.1, -0.05) is 56.9 Å². The third kappa shape index (κ3) is 6.02. The Morgan fingerprint density at radius 2 is 1.26 bits per heavy atom. The van der Waals surface area contributed by atoms with Crippen molar-refractivity contribution < 1.29 is 9.85 Å². The molecule has 0 radical (unpaired) electrons. The van der Waals surface area contributed by atoms with Crippen molar-refractivity contribution in [2.75, 3.05) is 0 Å². The monoisotopic (exact) mass is 464 g/mol. The Balaban J connectivity index is 1.33. The van der Waals surface area contributed by atoms with Gasteiger partial charge >= 0.3 is 0 Å². The summed E-state index contributed by atoms with van der Waals surface area (Å²) in [4.78, 5) is 21.1. The lowest BCUT2D eigenvalue weighted by atomic mass is 9.68. The Kier molecular flexibility index (Phi) is 7.96. The summed E-state index contributed by atoms with van der Waals surface area (Å²) >= 11 is 0. The van der Waals surface area contributed by atoms with Gasteiger partial charge in [0.15, 0.2) is 0 Å². The van der Waals surface area contributed by atoms with Crippen molar-refractivity contribution in [2.24, 2.45) is 17.8 Å². The fourth-order valence-electron chi connectivity index (χ4n) is 6.39. The molecular formula is C28H36N2O4. The van der Waals surface area contributed by atoms with Gasteiger partial charge in [0.25, 0.3) is 11.4 Å². The molecule has 6 heteroatoms. The standard InChI is InChI=1S/C28H36N2O4/c1-2-3-20-4-8-23(9-5-20)25-12-14-26(15-13-25)24-10-6-21(7-11-24)16-22-17-27(29(31)32)19-28(18-22)30(33)34/h6-7,10-11,17-20,23,25-26H,2-5,8-9,12-16H2,1H3. The first-order chi connectivity index (χ1) is 16.4. The van der Waals surface area contributed by atoms with E-state index in [4.69, 9.17) is 0 Å². The molecule has 0 saturated heterocycles. The minimum absolute atomic E-state index is 0.239. The summed E-state index contributed by atoms with van der Waals surface area (Å²) in [6, 6.07) is 12.4. The third-order valence-corrected chi connectivity index (χ3v) is 8.27. The molecule has 0 atom stereocenters. The van der Waals surface area contributed by atoms with Crippen LogP contribution in [-0.2, 0) is 6.42 Å². The Bertz CT molecular complexity index is 956. The summed E-state index contributed by atoms with van der Waals surface area (Å²) in [5.74, 6) is 3.43. The molecule has 34 heavy (non-hydrogen) atoms. The van der Waals surface area contributed by atoms with E-state index in [9.17, 15) is 20.2 Å². The summed E-state index contributed by atoms with van der Waals surface area (Å²) in [6.07, 6.45) is 14.1. The van der Waals surface area contributed by atoms with Crippen LogP contribution in [0.2, 0.25) is 0 Å². The first-order valence-corrected chi connectivity index (χ1v) is 12.9. The molecule has 2 aliphatic carbocycles. The zero-order valence-corrected chi connectivity index (χ0v) is 20.2. The third-order valence-electron chi connectivity index (χ3n) is 8.27. The van der Waals surface area contributed by atoms with Gasteiger partial charge in [-0.25, -0.2) is 0 Å². The summed E-state index contributed by atoms with van der Waals surface area (Å²) < 4.78 is 0. The molecule has 0 aromatic heterocycles. The predicted molar refractivity (Wildman–Crippen MR) is 134 cm³/mol. The van der Waals surface area contributed by atoms with Crippen LogP contribution in [-0.4, -0.2) is 9.85 Å². The SMILES string of the molecule is CCCC1CCC(C2CCC(c3ccc(Cc4cc([N+](=O)[O-])cc([N+](=O)[O-])c4)cc3)CC2)CC1. The number of non-ortho nitro benzene ring substituents is 2. The molecule has 2 aliphatic rings. The molecule has 0 spiro atoms. The van der Waals surface area contributed by atoms with Crippen molar-refractivity contribution in [3.05, 3.63) is 79.4 Å². The highest BCUT2D eigenvalue weighted by molar-refractivity contribution is 5.48. The number of nitro groups is 2. The quantitative estimate of drug-likeness (QED) is 0.293. The second-order valence-electron chi connectivity index (χ2n) is 10.5. The molecule has 4 rings (SSSR count). The summed E-state index contributed by atoms with van der Waals surface area (Å²) in [5, 5.41) is 22.3. The predicted octanol–water partition coefficient (Wildman–Crippen LogP) is 7.97. The topological polar surface area (TPSA) is 86.3 Å². The average molecular weight is 465 g/mol. The van der Waals surface area contributed by atoms with Crippen LogP contribution in [0.25, 0.3) is 0 Å². The molecule has 0 N–H and O–H groups in total. The number of nitro benzene ring substituents is 2. The first-order valence-electron chi connectivity index (χ1n) is 12.9. The van der Waals surface area contributed by atoms with Crippen LogP contribution in [0.4, 0.5) is 11.4 Å². The van der Waals surface area contributed by atoms with Crippen molar-refractivity contribution >= 4 is 11.4 Å². The van der Waals surface area contributed by atoms with Crippen LogP contribution in [0.1, 0.15) is 93.7 Å². The first kappa shape index (κ1) is 24.4. The van der Waals surface area contributed by atoms with E-state index >= 15 is 0 Å². The Labute approximate surface area is 202 Å². The minimum Gasteiger partial charge on any atom is -0.258 e. The molecule has 0 aliphatic heterocycles. The highest BCUT2D eigenvalue weighted by Gasteiger charge is 2.31. The molecule has 2 aromatic rings. The Morgan fingerprint density at radius 1 is 0.735 bits per heavy atom. The van der Waals surface area contributed by atoms with Gasteiger partial charge in [-0.3, -0.25) is 20.2 Å². The molecule has 2 aromatic carbocycles. The molecule has 2 fully saturated rings. The second kappa shape index (κ2) is 11.1. The van der Waals surface area contributed by atoms with E-state index in [2.05, 4.69) is 31.2 Å². The van der Waals surface area contributed by atoms with Crippen LogP contribution < -0.4 is 0 Å². The lowest BCUT2D eigenvalue weighted by Crippen LogP contribution is -2.25. The average Bonchev–Trinajstić information content (AvgIpc) is 2.85. The highest BCUT2D eigenvalue weighted by atomic mass is 16.6. The lowest BCUT2D eigenvalue weighted by Gasteiger charge is -2.38. The van der Waals surface area contributed by atoms with Gasteiger partial charge < -0.3 is 0 Å². The van der Waals surface area contributed by atoms with E-state index in [1.165, 1.54) is 81.9 Å². The van der Waals surface area contributed by atoms with E-state index < -0.39 is 9.85 Å². The summed E-state index contributed by atoms with van der Waals surface area (Å²) in [7, 11) is 0. The molecule has 6 nitrogen and oxygen atoms in total. The molecule has 0 amide bonds. The van der Waals surface area contributed by atoms with E-state index in [0.29, 0.717) is 17.9 Å². The maximum Gasteiger partial charge on any atom is 0.276 e. The van der Waals surface area contributed by atoms with Gasteiger partial charge in [0, 0.05) is 12.1 Å². The number of benzene rings is 2. The number of hydrogen-bond acceptors (Lipinski definition) is 4.